The highest BCUT2D eigenvalue weighted by Crippen LogP contribution is 2.34. The normalized spacial score (nSPS) is 15.8. The van der Waals surface area contributed by atoms with Gasteiger partial charge >= 0.3 is 0 Å². The number of non-ortho nitro benzene ring substituents is 1. The second-order valence-corrected chi connectivity index (χ2v) is 6.52. The van der Waals surface area contributed by atoms with E-state index in [2.05, 4.69) is 5.32 Å². The largest absolute Gasteiger partial charge is 0.359 e. The number of nitro benzene ring substituents is 1. The highest BCUT2D eigenvalue weighted by atomic mass is 16.6. The van der Waals surface area contributed by atoms with E-state index in [0.29, 0.717) is 13.0 Å². The van der Waals surface area contributed by atoms with Gasteiger partial charge in [0.1, 0.15) is 0 Å². The Labute approximate surface area is 146 Å². The summed E-state index contributed by atoms with van der Waals surface area (Å²) in [6.07, 6.45) is 0.710. The Hall–Kier alpha value is -2.89. The van der Waals surface area contributed by atoms with Crippen molar-refractivity contribution in [2.45, 2.75) is 32.9 Å². The van der Waals surface area contributed by atoms with Gasteiger partial charge in [0.2, 0.25) is 5.91 Å². The van der Waals surface area contributed by atoms with Crippen molar-refractivity contribution in [2.24, 2.45) is 0 Å². The van der Waals surface area contributed by atoms with Crippen LogP contribution in [0.2, 0.25) is 0 Å². The quantitative estimate of drug-likeness (QED) is 0.671. The molecule has 1 aliphatic rings. The molecule has 3 rings (SSSR count). The van der Waals surface area contributed by atoms with E-state index in [1.165, 1.54) is 6.07 Å². The van der Waals surface area contributed by atoms with Crippen molar-refractivity contribution in [3.05, 3.63) is 69.3 Å². The van der Waals surface area contributed by atoms with E-state index in [-0.39, 0.29) is 29.1 Å². The predicted octanol–water partition coefficient (Wildman–Crippen LogP) is 2.97. The molecule has 0 aromatic heterocycles. The monoisotopic (exact) mass is 339 g/mol. The minimum atomic E-state index is -0.387. The first-order chi connectivity index (χ1) is 11.9. The number of amides is 1. The number of carbonyl (C=O) groups excluding carboxylic acids is 1. The Bertz CT molecular complexity index is 819. The van der Waals surface area contributed by atoms with Crippen LogP contribution in [0.4, 0.5) is 11.4 Å². The maximum Gasteiger partial charge on any atom is 0.269 e. The molecule has 1 heterocycles. The smallest absolute Gasteiger partial charge is 0.269 e. The molecule has 0 bridgehead atoms. The van der Waals surface area contributed by atoms with E-state index >= 15 is 0 Å². The van der Waals surface area contributed by atoms with E-state index in [1.54, 1.807) is 12.1 Å². The number of benzene rings is 2. The molecule has 0 fully saturated rings. The highest BCUT2D eigenvalue weighted by molar-refractivity contribution is 5.82. The second-order valence-electron chi connectivity index (χ2n) is 6.52. The Balaban J connectivity index is 1.65. The van der Waals surface area contributed by atoms with Crippen LogP contribution in [0.5, 0.6) is 0 Å². The van der Waals surface area contributed by atoms with Crippen molar-refractivity contribution in [3.8, 4) is 0 Å². The summed E-state index contributed by atoms with van der Waals surface area (Å²) in [5.74, 6) is -0.0560. The molecule has 0 spiro atoms. The van der Waals surface area contributed by atoms with Crippen LogP contribution in [0, 0.1) is 17.0 Å². The zero-order valence-corrected chi connectivity index (χ0v) is 14.4. The van der Waals surface area contributed by atoms with Gasteiger partial charge in [-0.1, -0.05) is 29.8 Å². The lowest BCUT2D eigenvalue weighted by atomic mass is 10.1. The van der Waals surface area contributed by atoms with Crippen LogP contribution < -0.4 is 10.2 Å². The molecule has 6 heteroatoms. The lowest BCUT2D eigenvalue weighted by Gasteiger charge is -2.24. The summed E-state index contributed by atoms with van der Waals surface area (Å²) in [5, 5.41) is 13.9. The number of hydrogen-bond donors (Lipinski definition) is 1. The van der Waals surface area contributed by atoms with Gasteiger partial charge in [-0.05, 0) is 37.5 Å². The third kappa shape index (κ3) is 3.79. The van der Waals surface area contributed by atoms with E-state index in [4.69, 9.17) is 0 Å². The lowest BCUT2D eigenvalue weighted by Crippen LogP contribution is -2.39. The lowest BCUT2D eigenvalue weighted by molar-refractivity contribution is -0.384. The van der Waals surface area contributed by atoms with Crippen molar-refractivity contribution in [2.75, 3.05) is 11.4 Å². The number of anilines is 1. The second kappa shape index (κ2) is 6.93. The Kier molecular flexibility index (Phi) is 4.70. The van der Waals surface area contributed by atoms with Crippen molar-refractivity contribution < 1.29 is 9.72 Å². The Morgan fingerprint density at radius 1 is 1.32 bits per heavy atom. The molecule has 0 saturated carbocycles. The molecule has 0 aliphatic carbocycles. The van der Waals surface area contributed by atoms with Gasteiger partial charge in [0.05, 0.1) is 11.5 Å². The fourth-order valence-corrected chi connectivity index (χ4v) is 3.27. The molecule has 1 unspecified atom stereocenters. The van der Waals surface area contributed by atoms with Crippen LogP contribution >= 0.6 is 0 Å². The SMILES string of the molecule is Cc1cccc(CNC(=O)CN2c3ccc([N+](=O)[O-])cc3CC2C)c1. The molecular weight excluding hydrogens is 318 g/mol. The Morgan fingerprint density at radius 2 is 2.12 bits per heavy atom. The molecule has 1 aliphatic heterocycles. The molecule has 1 amide bonds. The zero-order valence-electron chi connectivity index (χ0n) is 14.4. The number of aryl methyl sites for hydroxylation is 1. The van der Waals surface area contributed by atoms with Gasteiger partial charge in [-0.3, -0.25) is 14.9 Å². The molecule has 130 valence electrons. The molecule has 6 nitrogen and oxygen atoms in total. The minimum absolute atomic E-state index is 0.0560. The fraction of sp³-hybridized carbons (Fsp3) is 0.316. The van der Waals surface area contributed by atoms with Crippen LogP contribution in [0.1, 0.15) is 23.6 Å². The molecule has 2 aromatic carbocycles. The number of fused-ring (bicyclic) bond motifs is 1. The number of nitro groups is 1. The molecule has 2 aromatic rings. The Morgan fingerprint density at radius 3 is 2.84 bits per heavy atom. The van der Waals surface area contributed by atoms with Gasteiger partial charge in [-0.15, -0.1) is 0 Å². The summed E-state index contributed by atoms with van der Waals surface area (Å²) in [6, 6.07) is 13.0. The standard InChI is InChI=1S/C19H21N3O3/c1-13-4-3-5-15(8-13)11-20-19(23)12-21-14(2)9-16-10-17(22(24)25)6-7-18(16)21/h3-8,10,14H,9,11-12H2,1-2H3,(H,20,23). The van der Waals surface area contributed by atoms with Crippen molar-refractivity contribution in [1.29, 1.82) is 0 Å². The maximum atomic E-state index is 12.3. The van der Waals surface area contributed by atoms with Gasteiger partial charge in [-0.25, -0.2) is 0 Å². The number of nitrogens with one attached hydrogen (secondary N) is 1. The molecule has 1 N–H and O–H groups in total. The van der Waals surface area contributed by atoms with Crippen LogP contribution in [0.15, 0.2) is 42.5 Å². The predicted molar refractivity (Wildman–Crippen MR) is 96.6 cm³/mol. The third-order valence-corrected chi connectivity index (χ3v) is 4.52. The van der Waals surface area contributed by atoms with E-state index < -0.39 is 0 Å². The summed E-state index contributed by atoms with van der Waals surface area (Å²) in [5.41, 5.74) is 4.16. The first-order valence-electron chi connectivity index (χ1n) is 8.30. The first-order valence-corrected chi connectivity index (χ1v) is 8.30. The highest BCUT2D eigenvalue weighted by Gasteiger charge is 2.28. The number of rotatable bonds is 5. The van der Waals surface area contributed by atoms with Crippen molar-refractivity contribution in [1.82, 2.24) is 5.32 Å². The van der Waals surface area contributed by atoms with Crippen molar-refractivity contribution >= 4 is 17.3 Å². The topological polar surface area (TPSA) is 75.5 Å². The number of nitrogens with zero attached hydrogens (tertiary/aromatic N) is 2. The fourth-order valence-electron chi connectivity index (χ4n) is 3.27. The van der Waals surface area contributed by atoms with Gasteiger partial charge in [0.25, 0.3) is 5.69 Å². The summed E-state index contributed by atoms with van der Waals surface area (Å²) in [6.45, 7) is 4.79. The number of carbonyl (C=O) groups is 1. The summed E-state index contributed by atoms with van der Waals surface area (Å²) < 4.78 is 0. The summed E-state index contributed by atoms with van der Waals surface area (Å²) in [7, 11) is 0. The van der Waals surface area contributed by atoms with Crippen LogP contribution in [0.25, 0.3) is 0 Å². The molecule has 25 heavy (non-hydrogen) atoms. The summed E-state index contributed by atoms with van der Waals surface area (Å²) >= 11 is 0. The van der Waals surface area contributed by atoms with Crippen molar-refractivity contribution in [3.63, 3.8) is 0 Å². The molecule has 0 radical (unpaired) electrons. The maximum absolute atomic E-state index is 12.3. The van der Waals surface area contributed by atoms with Gasteiger partial charge < -0.3 is 10.2 Å². The molecular formula is C19H21N3O3. The first kappa shape index (κ1) is 17.0. The van der Waals surface area contributed by atoms with Crippen LogP contribution in [-0.4, -0.2) is 23.4 Å². The average molecular weight is 339 g/mol. The minimum Gasteiger partial charge on any atom is -0.359 e. The van der Waals surface area contributed by atoms with Gasteiger partial charge in [0, 0.05) is 30.4 Å². The zero-order chi connectivity index (χ0) is 18.0. The summed E-state index contributed by atoms with van der Waals surface area (Å²) in [4.78, 5) is 24.9. The van der Waals surface area contributed by atoms with E-state index in [9.17, 15) is 14.9 Å². The third-order valence-electron chi connectivity index (χ3n) is 4.52. The van der Waals surface area contributed by atoms with Crippen LogP contribution in [-0.2, 0) is 17.8 Å². The van der Waals surface area contributed by atoms with Crippen LogP contribution in [0.3, 0.4) is 0 Å². The van der Waals surface area contributed by atoms with E-state index in [0.717, 1.165) is 22.4 Å². The van der Waals surface area contributed by atoms with E-state index in [1.807, 2.05) is 43.0 Å². The number of hydrogen-bond acceptors (Lipinski definition) is 4. The molecule has 0 saturated heterocycles. The van der Waals surface area contributed by atoms with Gasteiger partial charge in [0.15, 0.2) is 0 Å². The van der Waals surface area contributed by atoms with Gasteiger partial charge in [-0.2, -0.15) is 0 Å². The average Bonchev–Trinajstić information content (AvgIpc) is 2.88. The molecule has 1 atom stereocenters.